The Morgan fingerprint density at radius 2 is 0.762 bits per heavy atom. The maximum absolute atomic E-state index is 4.31. The van der Waals surface area contributed by atoms with E-state index in [-0.39, 0.29) is 3.41 Å². The van der Waals surface area contributed by atoms with Gasteiger partial charge in [0.25, 0.3) is 0 Å². The summed E-state index contributed by atoms with van der Waals surface area (Å²) < 4.78 is -0.378. The van der Waals surface area contributed by atoms with E-state index in [1.54, 1.807) is 0 Å². The van der Waals surface area contributed by atoms with Gasteiger partial charge in [0.15, 0.2) is 0 Å². The predicted octanol–water partition coefficient (Wildman–Crippen LogP) is 7.69. The number of thiol groups is 3. The molecule has 0 fully saturated rings. The quantitative estimate of drug-likeness (QED) is 0.142. The van der Waals surface area contributed by atoms with Crippen molar-refractivity contribution in [3.05, 3.63) is 0 Å². The number of unbranched alkanes of at least 4 members (excludes halogenated alkanes) is 14. The molecule has 0 saturated heterocycles. The first kappa shape index (κ1) is 22.1. The molecular weight excluding hydrogens is 312 g/mol. The third kappa shape index (κ3) is 21.1. The lowest BCUT2D eigenvalue weighted by molar-refractivity contribution is 0.531. The van der Waals surface area contributed by atoms with E-state index in [1.807, 2.05) is 0 Å². The van der Waals surface area contributed by atoms with Gasteiger partial charge >= 0.3 is 0 Å². The topological polar surface area (TPSA) is 0 Å². The van der Waals surface area contributed by atoms with Crippen LogP contribution in [-0.2, 0) is 0 Å². The van der Waals surface area contributed by atoms with Crippen LogP contribution in [0.2, 0.25) is 0 Å². The largest absolute Gasteiger partial charge is 0.151 e. The molecule has 0 rings (SSSR count). The molecule has 0 nitrogen and oxygen atoms in total. The van der Waals surface area contributed by atoms with Crippen LogP contribution in [0.5, 0.6) is 0 Å². The normalized spacial score (nSPS) is 12.0. The minimum atomic E-state index is -0.378. The molecule has 0 aliphatic rings. The average molecular weight is 351 g/mol. The first-order chi connectivity index (χ1) is 10.1. The molecule has 128 valence electrons. The highest BCUT2D eigenvalue weighted by Gasteiger charge is 2.12. The van der Waals surface area contributed by atoms with Crippen LogP contribution in [0.1, 0.15) is 110 Å². The molecule has 21 heavy (non-hydrogen) atoms. The van der Waals surface area contributed by atoms with Gasteiger partial charge in [-0.2, -0.15) is 37.9 Å². The summed E-state index contributed by atoms with van der Waals surface area (Å²) in [5.74, 6) is 0. The lowest BCUT2D eigenvalue weighted by Gasteiger charge is -2.14. The summed E-state index contributed by atoms with van der Waals surface area (Å²) in [5.41, 5.74) is 0. The Balaban J connectivity index is 3.00. The van der Waals surface area contributed by atoms with E-state index >= 15 is 0 Å². The van der Waals surface area contributed by atoms with Gasteiger partial charge < -0.3 is 0 Å². The van der Waals surface area contributed by atoms with Crippen LogP contribution in [-0.4, -0.2) is 3.41 Å². The third-order valence-corrected chi connectivity index (χ3v) is 4.79. The Morgan fingerprint density at radius 3 is 1.05 bits per heavy atom. The Bertz CT molecular complexity index is 199. The molecule has 0 amide bonds. The number of hydrogen-bond acceptors (Lipinski definition) is 3. The molecule has 0 aromatic rings. The van der Waals surface area contributed by atoms with Crippen molar-refractivity contribution in [3.63, 3.8) is 0 Å². The van der Waals surface area contributed by atoms with E-state index in [9.17, 15) is 0 Å². The second kappa shape index (κ2) is 15.9. The highest BCUT2D eigenvalue weighted by atomic mass is 32.2. The summed E-state index contributed by atoms with van der Waals surface area (Å²) in [7, 11) is 0. The zero-order valence-corrected chi connectivity index (χ0v) is 16.8. The van der Waals surface area contributed by atoms with E-state index in [4.69, 9.17) is 0 Å². The summed E-state index contributed by atoms with van der Waals surface area (Å²) >= 11 is 12.9. The third-order valence-electron chi connectivity index (χ3n) is 4.12. The Kier molecular flexibility index (Phi) is 16.7. The van der Waals surface area contributed by atoms with Crippen LogP contribution in [0.15, 0.2) is 0 Å². The van der Waals surface area contributed by atoms with E-state index in [2.05, 4.69) is 44.8 Å². The van der Waals surface area contributed by atoms with Gasteiger partial charge in [-0.3, -0.25) is 0 Å². The molecule has 0 aromatic heterocycles. The van der Waals surface area contributed by atoms with Gasteiger partial charge in [-0.25, -0.2) is 0 Å². The van der Waals surface area contributed by atoms with Crippen molar-refractivity contribution in [2.45, 2.75) is 113 Å². The fraction of sp³-hybridized carbons (Fsp3) is 1.00. The van der Waals surface area contributed by atoms with Crippen LogP contribution in [0, 0.1) is 0 Å². The molecule has 0 unspecified atom stereocenters. The minimum absolute atomic E-state index is 0.378. The second-order valence-electron chi connectivity index (χ2n) is 6.47. The fourth-order valence-corrected chi connectivity index (χ4v) is 3.21. The second-order valence-corrected chi connectivity index (χ2v) is 9.82. The minimum Gasteiger partial charge on any atom is -0.151 e. The van der Waals surface area contributed by atoms with Crippen LogP contribution in [0.3, 0.4) is 0 Å². The highest BCUT2D eigenvalue weighted by Crippen LogP contribution is 2.30. The first-order valence-electron chi connectivity index (χ1n) is 9.23. The molecule has 3 heteroatoms. The summed E-state index contributed by atoms with van der Waals surface area (Å²) in [6.45, 7) is 2.29. The van der Waals surface area contributed by atoms with Crippen molar-refractivity contribution in [1.29, 1.82) is 0 Å². The van der Waals surface area contributed by atoms with Crippen molar-refractivity contribution >= 4 is 37.9 Å². The van der Waals surface area contributed by atoms with Crippen LogP contribution in [0.4, 0.5) is 0 Å². The van der Waals surface area contributed by atoms with Crippen molar-refractivity contribution in [3.8, 4) is 0 Å². The van der Waals surface area contributed by atoms with Gasteiger partial charge in [-0.1, -0.05) is 103 Å². The molecule has 0 aliphatic heterocycles. The van der Waals surface area contributed by atoms with Gasteiger partial charge in [0.2, 0.25) is 0 Å². The van der Waals surface area contributed by atoms with Crippen molar-refractivity contribution in [2.75, 3.05) is 0 Å². The van der Waals surface area contributed by atoms with Gasteiger partial charge in [0, 0.05) is 0 Å². The van der Waals surface area contributed by atoms with E-state index in [0.717, 1.165) is 6.42 Å². The molecule has 0 radical (unpaired) electrons. The summed E-state index contributed by atoms with van der Waals surface area (Å²) in [5, 5.41) is 0. The van der Waals surface area contributed by atoms with Crippen molar-refractivity contribution in [1.82, 2.24) is 0 Å². The molecule has 0 saturated carbocycles. The van der Waals surface area contributed by atoms with Crippen LogP contribution in [0.25, 0.3) is 0 Å². The maximum atomic E-state index is 4.31. The lowest BCUT2D eigenvalue weighted by Crippen LogP contribution is -2.01. The van der Waals surface area contributed by atoms with Crippen LogP contribution < -0.4 is 0 Å². The molecule has 0 spiro atoms. The van der Waals surface area contributed by atoms with Gasteiger partial charge in [-0.05, 0) is 6.42 Å². The first-order valence-corrected chi connectivity index (χ1v) is 10.6. The smallest absolute Gasteiger partial charge is 0.0980 e. The Morgan fingerprint density at radius 1 is 0.476 bits per heavy atom. The molecule has 0 bridgehead atoms. The van der Waals surface area contributed by atoms with Gasteiger partial charge in [-0.15, -0.1) is 0 Å². The Labute approximate surface area is 150 Å². The molecule has 0 aromatic carbocycles. The highest BCUT2D eigenvalue weighted by molar-refractivity contribution is 8.16. The Hall–Kier alpha value is 1.05. The monoisotopic (exact) mass is 350 g/mol. The molecule has 0 aliphatic carbocycles. The maximum Gasteiger partial charge on any atom is 0.0980 e. The summed E-state index contributed by atoms with van der Waals surface area (Å²) in [4.78, 5) is 0. The summed E-state index contributed by atoms with van der Waals surface area (Å²) in [6, 6.07) is 0. The van der Waals surface area contributed by atoms with Crippen molar-refractivity contribution in [2.24, 2.45) is 0 Å². The van der Waals surface area contributed by atoms with Gasteiger partial charge in [0.05, 0.1) is 3.41 Å². The molecular formula is C18H38S3. The zero-order chi connectivity index (χ0) is 15.8. The molecule has 0 atom stereocenters. The summed E-state index contributed by atoms with van der Waals surface area (Å²) in [6.07, 6.45) is 22.1. The number of rotatable bonds is 16. The fourth-order valence-electron chi connectivity index (χ4n) is 2.73. The number of hydrogen-bond donors (Lipinski definition) is 3. The predicted molar refractivity (Wildman–Crippen MR) is 109 cm³/mol. The average Bonchev–Trinajstić information content (AvgIpc) is 2.42. The molecule has 0 N–H and O–H groups in total. The standard InChI is InChI=1S/C18H38S3/c1-2-3-4-5-6-7-8-9-10-11-12-13-14-15-16-17-18(19,20)21/h19-21H,2-17H2,1H3. The molecule has 0 heterocycles. The zero-order valence-electron chi connectivity index (χ0n) is 14.2. The van der Waals surface area contributed by atoms with E-state index in [0.29, 0.717) is 0 Å². The SMILES string of the molecule is CCCCCCCCCCCCCCCCCC(S)(S)S. The van der Waals surface area contributed by atoms with E-state index < -0.39 is 0 Å². The van der Waals surface area contributed by atoms with Gasteiger partial charge in [0.1, 0.15) is 0 Å². The van der Waals surface area contributed by atoms with Crippen molar-refractivity contribution < 1.29 is 0 Å². The lowest BCUT2D eigenvalue weighted by atomic mass is 10.0. The van der Waals surface area contributed by atoms with Crippen LogP contribution >= 0.6 is 37.9 Å². The van der Waals surface area contributed by atoms with E-state index in [1.165, 1.54) is 96.3 Å².